The average Bonchev–Trinajstić information content (AvgIpc) is 3.07. The van der Waals surface area contributed by atoms with E-state index in [-0.39, 0.29) is 11.9 Å². The molecule has 3 rings (SSSR count). The number of thiazole rings is 1. The van der Waals surface area contributed by atoms with E-state index in [2.05, 4.69) is 20.5 Å². The van der Waals surface area contributed by atoms with Crippen LogP contribution < -0.4 is 21.5 Å². The molecule has 0 unspecified atom stereocenters. The fraction of sp³-hybridized carbons (Fsp3) is 0.111. The number of amides is 1. The van der Waals surface area contributed by atoms with E-state index < -0.39 is 0 Å². The standard InChI is InChI=1S/C18H18N6O2S/c1-10(23-24-17(19)20)11-3-5-12(6-4-11)16(25)22-18-21-14-8-7-13(26-2)9-15(14)27-18/h3-9H,1-2H3,(H4,19,20,24)(H,21,22,25)/b23-10+. The molecule has 8 nitrogen and oxygen atoms in total. The second-order valence-corrected chi connectivity index (χ2v) is 6.63. The van der Waals surface area contributed by atoms with Crippen LogP contribution in [-0.2, 0) is 0 Å². The quantitative estimate of drug-likeness (QED) is 0.355. The van der Waals surface area contributed by atoms with Gasteiger partial charge in [-0.05, 0) is 42.8 Å². The van der Waals surface area contributed by atoms with Crippen LogP contribution in [0.3, 0.4) is 0 Å². The van der Waals surface area contributed by atoms with Crippen LogP contribution in [0.5, 0.6) is 5.75 Å². The van der Waals surface area contributed by atoms with E-state index >= 15 is 0 Å². The zero-order valence-electron chi connectivity index (χ0n) is 14.8. The molecule has 0 aliphatic carbocycles. The van der Waals surface area contributed by atoms with Gasteiger partial charge < -0.3 is 16.2 Å². The number of ether oxygens (including phenoxy) is 1. The van der Waals surface area contributed by atoms with E-state index in [0.717, 1.165) is 21.5 Å². The van der Waals surface area contributed by atoms with E-state index in [1.807, 2.05) is 18.2 Å². The van der Waals surface area contributed by atoms with Crippen molar-refractivity contribution in [3.8, 4) is 5.75 Å². The van der Waals surface area contributed by atoms with Crippen LogP contribution in [-0.4, -0.2) is 29.7 Å². The topological polar surface area (TPSA) is 128 Å². The number of hydrogen-bond acceptors (Lipinski definition) is 6. The third-order valence-corrected chi connectivity index (χ3v) is 4.63. The highest BCUT2D eigenvalue weighted by Gasteiger charge is 2.11. The summed E-state index contributed by atoms with van der Waals surface area (Å²) in [5.41, 5.74) is 13.3. The predicted octanol–water partition coefficient (Wildman–Crippen LogP) is 2.55. The lowest BCUT2D eigenvalue weighted by Gasteiger charge is -2.03. The highest BCUT2D eigenvalue weighted by Crippen LogP contribution is 2.29. The number of nitrogens with two attached hydrogens (primary N) is 2. The normalized spacial score (nSPS) is 11.3. The summed E-state index contributed by atoms with van der Waals surface area (Å²) in [4.78, 5) is 16.9. The molecule has 3 aromatic rings. The second-order valence-electron chi connectivity index (χ2n) is 5.59. The molecule has 1 amide bonds. The summed E-state index contributed by atoms with van der Waals surface area (Å²) in [6.45, 7) is 1.77. The molecule has 138 valence electrons. The molecule has 2 aromatic carbocycles. The highest BCUT2D eigenvalue weighted by atomic mass is 32.1. The van der Waals surface area contributed by atoms with Crippen LogP contribution in [0.4, 0.5) is 5.13 Å². The maximum absolute atomic E-state index is 12.5. The molecule has 1 aromatic heterocycles. The maximum Gasteiger partial charge on any atom is 0.257 e. The molecule has 0 aliphatic heterocycles. The molecule has 1 heterocycles. The Kier molecular flexibility index (Phi) is 5.32. The number of methoxy groups -OCH3 is 1. The summed E-state index contributed by atoms with van der Waals surface area (Å²) >= 11 is 1.39. The number of rotatable bonds is 5. The van der Waals surface area contributed by atoms with Crippen LogP contribution >= 0.6 is 11.3 Å². The SMILES string of the molecule is COc1ccc2nc(NC(=O)c3ccc(/C(C)=N/N=C(N)N)cc3)sc2c1. The van der Waals surface area contributed by atoms with Crippen molar-refractivity contribution in [3.05, 3.63) is 53.6 Å². The Morgan fingerprint density at radius 3 is 2.48 bits per heavy atom. The van der Waals surface area contributed by atoms with E-state index in [1.165, 1.54) is 11.3 Å². The molecule has 0 atom stereocenters. The molecule has 0 radical (unpaired) electrons. The minimum atomic E-state index is -0.244. The Bertz CT molecular complexity index is 1040. The minimum Gasteiger partial charge on any atom is -0.497 e. The molecule has 0 fully saturated rings. The molecular weight excluding hydrogens is 364 g/mol. The predicted molar refractivity (Wildman–Crippen MR) is 109 cm³/mol. The van der Waals surface area contributed by atoms with Crippen LogP contribution in [0, 0.1) is 0 Å². The fourth-order valence-electron chi connectivity index (χ4n) is 2.31. The third kappa shape index (κ3) is 4.39. The number of carbonyl (C=O) groups excluding carboxylic acids is 1. The fourth-order valence-corrected chi connectivity index (χ4v) is 3.20. The van der Waals surface area contributed by atoms with E-state index in [9.17, 15) is 4.79 Å². The maximum atomic E-state index is 12.5. The molecule has 0 bridgehead atoms. The van der Waals surface area contributed by atoms with E-state index in [4.69, 9.17) is 16.2 Å². The second kappa shape index (κ2) is 7.83. The van der Waals surface area contributed by atoms with Gasteiger partial charge in [0, 0.05) is 5.56 Å². The Labute approximate surface area is 159 Å². The molecule has 0 saturated heterocycles. The number of carbonyl (C=O) groups is 1. The number of hydrogen-bond donors (Lipinski definition) is 3. The molecule has 27 heavy (non-hydrogen) atoms. The van der Waals surface area contributed by atoms with Gasteiger partial charge in [0.05, 0.1) is 23.0 Å². The molecule has 0 spiro atoms. The number of nitrogens with one attached hydrogen (secondary N) is 1. The number of aromatic nitrogens is 1. The van der Waals surface area contributed by atoms with Gasteiger partial charge in [0.25, 0.3) is 5.91 Å². The van der Waals surface area contributed by atoms with Gasteiger partial charge >= 0.3 is 0 Å². The lowest BCUT2D eigenvalue weighted by Crippen LogP contribution is -2.22. The first-order chi connectivity index (χ1) is 13.0. The minimum absolute atomic E-state index is 0.112. The summed E-state index contributed by atoms with van der Waals surface area (Å²) in [5.74, 6) is 0.391. The van der Waals surface area contributed by atoms with Crippen molar-refractivity contribution in [2.75, 3.05) is 12.4 Å². The zero-order valence-corrected chi connectivity index (χ0v) is 15.6. The van der Waals surface area contributed by atoms with Crippen molar-refractivity contribution in [2.45, 2.75) is 6.92 Å². The van der Waals surface area contributed by atoms with Gasteiger partial charge in [-0.3, -0.25) is 10.1 Å². The highest BCUT2D eigenvalue weighted by molar-refractivity contribution is 7.22. The Morgan fingerprint density at radius 2 is 1.81 bits per heavy atom. The van der Waals surface area contributed by atoms with Crippen molar-refractivity contribution >= 4 is 44.3 Å². The largest absolute Gasteiger partial charge is 0.497 e. The molecule has 0 aliphatic rings. The van der Waals surface area contributed by atoms with Crippen molar-refractivity contribution < 1.29 is 9.53 Å². The Hall–Kier alpha value is -3.46. The summed E-state index contributed by atoms with van der Waals surface area (Å²) < 4.78 is 6.14. The Morgan fingerprint density at radius 1 is 1.11 bits per heavy atom. The number of anilines is 1. The lowest BCUT2D eigenvalue weighted by molar-refractivity contribution is 0.102. The van der Waals surface area contributed by atoms with E-state index in [0.29, 0.717) is 16.4 Å². The van der Waals surface area contributed by atoms with Crippen LogP contribution in [0.15, 0.2) is 52.7 Å². The first-order valence-corrected chi connectivity index (χ1v) is 8.77. The third-order valence-electron chi connectivity index (χ3n) is 3.70. The first kappa shape index (κ1) is 18.3. The van der Waals surface area contributed by atoms with Crippen molar-refractivity contribution in [3.63, 3.8) is 0 Å². The van der Waals surface area contributed by atoms with Crippen molar-refractivity contribution in [1.29, 1.82) is 0 Å². The number of benzene rings is 2. The van der Waals surface area contributed by atoms with Gasteiger partial charge in [0.15, 0.2) is 5.13 Å². The van der Waals surface area contributed by atoms with Gasteiger partial charge in [-0.15, -0.1) is 5.10 Å². The van der Waals surface area contributed by atoms with Gasteiger partial charge in [-0.25, -0.2) is 4.98 Å². The monoisotopic (exact) mass is 382 g/mol. The van der Waals surface area contributed by atoms with Gasteiger partial charge in [-0.2, -0.15) is 5.10 Å². The van der Waals surface area contributed by atoms with E-state index in [1.54, 1.807) is 38.3 Å². The molecule has 0 saturated carbocycles. The average molecular weight is 382 g/mol. The summed E-state index contributed by atoms with van der Waals surface area (Å²) in [6, 6.07) is 12.5. The summed E-state index contributed by atoms with van der Waals surface area (Å²) in [6.07, 6.45) is 0. The molecule has 9 heteroatoms. The van der Waals surface area contributed by atoms with Crippen LogP contribution in [0.2, 0.25) is 0 Å². The van der Waals surface area contributed by atoms with Gasteiger partial charge in [0.1, 0.15) is 5.75 Å². The first-order valence-electron chi connectivity index (χ1n) is 7.96. The van der Waals surface area contributed by atoms with Crippen molar-refractivity contribution in [1.82, 2.24) is 4.98 Å². The zero-order chi connectivity index (χ0) is 19.4. The number of nitrogens with zero attached hydrogens (tertiary/aromatic N) is 3. The Balaban J connectivity index is 1.74. The molecular formula is C18H18N6O2S. The van der Waals surface area contributed by atoms with Gasteiger partial charge in [0.2, 0.25) is 5.96 Å². The number of guanidine groups is 1. The summed E-state index contributed by atoms with van der Waals surface area (Å²) in [5, 5.41) is 10.9. The number of fused-ring (bicyclic) bond motifs is 1. The van der Waals surface area contributed by atoms with Crippen molar-refractivity contribution in [2.24, 2.45) is 21.7 Å². The van der Waals surface area contributed by atoms with Crippen LogP contribution in [0.1, 0.15) is 22.8 Å². The van der Waals surface area contributed by atoms with Gasteiger partial charge in [-0.1, -0.05) is 23.5 Å². The smallest absolute Gasteiger partial charge is 0.257 e. The lowest BCUT2D eigenvalue weighted by atomic mass is 10.1. The van der Waals surface area contributed by atoms with Crippen LogP contribution in [0.25, 0.3) is 10.2 Å². The molecule has 5 N–H and O–H groups in total. The summed E-state index contributed by atoms with van der Waals surface area (Å²) in [7, 11) is 1.61.